The molecule has 3 atom stereocenters. The average Bonchev–Trinajstić information content (AvgIpc) is 2.79. The molecule has 1 aliphatic heterocycles. The molecule has 6 nitrogen and oxygen atoms in total. The number of hydrogen-bond donors (Lipinski definition) is 2. The summed E-state index contributed by atoms with van der Waals surface area (Å²) >= 11 is 0. The Kier molecular flexibility index (Phi) is 6.25. The fourth-order valence-corrected chi connectivity index (χ4v) is 5.25. The van der Waals surface area contributed by atoms with E-state index in [4.69, 9.17) is 14.2 Å². The molecule has 1 saturated carbocycles. The normalized spacial score (nSPS) is 25.7. The van der Waals surface area contributed by atoms with Gasteiger partial charge in [-0.3, -0.25) is 4.79 Å². The van der Waals surface area contributed by atoms with Gasteiger partial charge in [0.15, 0.2) is 12.6 Å². The topological polar surface area (TPSA) is 85.2 Å². The van der Waals surface area contributed by atoms with E-state index in [0.29, 0.717) is 36.3 Å². The number of hydrogen-bond acceptors (Lipinski definition) is 6. The average molecular weight is 453 g/mol. The fourth-order valence-electron chi connectivity index (χ4n) is 5.25. The zero-order valence-corrected chi connectivity index (χ0v) is 19.6. The Morgan fingerprint density at radius 1 is 1.18 bits per heavy atom. The highest BCUT2D eigenvalue weighted by Gasteiger charge is 2.55. The van der Waals surface area contributed by atoms with E-state index in [1.54, 1.807) is 49.6 Å². The molecule has 33 heavy (non-hydrogen) atoms. The number of fused-ring (bicyclic) bond motifs is 2. The number of ketones is 1. The SMILES string of the molecule is COCOc1ccc(C(=O)/C=C/c2ccc(O)cc2)c2c1C[C@@H]1C(C)(C)[C@H](O)CC[C@@]1(C)O2. The Bertz CT molecular complexity index is 1060. The van der Waals surface area contributed by atoms with Gasteiger partial charge in [0.2, 0.25) is 0 Å². The van der Waals surface area contributed by atoms with Gasteiger partial charge in [-0.05, 0) is 67.5 Å². The molecule has 0 bridgehead atoms. The third-order valence-electron chi connectivity index (χ3n) is 7.29. The van der Waals surface area contributed by atoms with Gasteiger partial charge in [-0.15, -0.1) is 0 Å². The smallest absolute Gasteiger partial charge is 0.189 e. The van der Waals surface area contributed by atoms with Crippen molar-refractivity contribution >= 4 is 11.9 Å². The van der Waals surface area contributed by atoms with Crippen LogP contribution in [-0.2, 0) is 11.2 Å². The van der Waals surface area contributed by atoms with Crippen LogP contribution >= 0.6 is 0 Å². The maximum atomic E-state index is 13.2. The molecule has 0 radical (unpaired) electrons. The van der Waals surface area contributed by atoms with E-state index in [-0.39, 0.29) is 29.7 Å². The summed E-state index contributed by atoms with van der Waals surface area (Å²) in [6.45, 7) is 6.34. The monoisotopic (exact) mass is 452 g/mol. The molecule has 0 aromatic heterocycles. The van der Waals surface area contributed by atoms with E-state index in [1.807, 2.05) is 0 Å². The number of ether oxygens (including phenoxy) is 3. The largest absolute Gasteiger partial charge is 0.508 e. The highest BCUT2D eigenvalue weighted by Crippen LogP contribution is 2.55. The first-order valence-corrected chi connectivity index (χ1v) is 11.3. The summed E-state index contributed by atoms with van der Waals surface area (Å²) in [7, 11) is 1.56. The Hall–Kier alpha value is -2.83. The quantitative estimate of drug-likeness (QED) is 0.373. The third kappa shape index (κ3) is 4.37. The molecule has 1 heterocycles. The Morgan fingerprint density at radius 2 is 1.91 bits per heavy atom. The Labute approximate surface area is 194 Å². The molecule has 0 unspecified atom stereocenters. The molecule has 2 aromatic rings. The number of aromatic hydroxyl groups is 1. The summed E-state index contributed by atoms with van der Waals surface area (Å²) in [4.78, 5) is 13.2. The van der Waals surface area contributed by atoms with Gasteiger partial charge in [-0.1, -0.05) is 32.1 Å². The second kappa shape index (κ2) is 8.84. The predicted molar refractivity (Wildman–Crippen MR) is 126 cm³/mol. The van der Waals surface area contributed by atoms with Gasteiger partial charge in [0.1, 0.15) is 22.8 Å². The Morgan fingerprint density at radius 3 is 2.61 bits per heavy atom. The van der Waals surface area contributed by atoms with Crippen LogP contribution in [0.5, 0.6) is 17.2 Å². The second-order valence-corrected chi connectivity index (χ2v) is 9.81. The van der Waals surface area contributed by atoms with Crippen LogP contribution in [-0.4, -0.2) is 41.6 Å². The first-order valence-electron chi connectivity index (χ1n) is 11.3. The predicted octanol–water partition coefficient (Wildman–Crippen LogP) is 4.76. The van der Waals surface area contributed by atoms with Gasteiger partial charge in [-0.2, -0.15) is 0 Å². The summed E-state index contributed by atoms with van der Waals surface area (Å²) in [6, 6.07) is 10.2. The fraction of sp³-hybridized carbons (Fsp3) is 0.444. The first-order chi connectivity index (χ1) is 15.7. The second-order valence-electron chi connectivity index (χ2n) is 9.81. The van der Waals surface area contributed by atoms with Crippen molar-refractivity contribution in [2.45, 2.75) is 51.7 Å². The molecule has 6 heteroatoms. The molecule has 4 rings (SSSR count). The van der Waals surface area contributed by atoms with Crippen LogP contribution in [0.25, 0.3) is 6.08 Å². The lowest BCUT2D eigenvalue weighted by Gasteiger charge is -2.55. The van der Waals surface area contributed by atoms with Crippen LogP contribution in [0.1, 0.15) is 55.1 Å². The van der Waals surface area contributed by atoms with E-state index >= 15 is 0 Å². The number of benzene rings is 2. The van der Waals surface area contributed by atoms with Crippen LogP contribution in [0.2, 0.25) is 0 Å². The number of rotatable bonds is 6. The molecule has 2 N–H and O–H groups in total. The minimum Gasteiger partial charge on any atom is -0.508 e. The zero-order chi connectivity index (χ0) is 23.8. The van der Waals surface area contributed by atoms with E-state index < -0.39 is 11.7 Å². The minimum atomic E-state index is -0.495. The van der Waals surface area contributed by atoms with Crippen molar-refractivity contribution in [1.82, 2.24) is 0 Å². The highest BCUT2D eigenvalue weighted by molar-refractivity contribution is 6.09. The van der Waals surface area contributed by atoms with Crippen molar-refractivity contribution in [2.24, 2.45) is 11.3 Å². The van der Waals surface area contributed by atoms with Crippen LogP contribution in [0, 0.1) is 11.3 Å². The van der Waals surface area contributed by atoms with E-state index in [0.717, 1.165) is 11.1 Å². The number of phenols is 1. The van der Waals surface area contributed by atoms with Gasteiger partial charge in [0.25, 0.3) is 0 Å². The molecule has 1 aliphatic carbocycles. The summed E-state index contributed by atoms with van der Waals surface area (Å²) < 4.78 is 17.5. The molecule has 1 fully saturated rings. The zero-order valence-electron chi connectivity index (χ0n) is 19.6. The number of phenolic OH excluding ortho intramolecular Hbond substituents is 1. The van der Waals surface area contributed by atoms with Crippen molar-refractivity contribution < 1.29 is 29.2 Å². The summed E-state index contributed by atoms with van der Waals surface area (Å²) in [5.74, 6) is 1.24. The van der Waals surface area contributed by atoms with Crippen LogP contribution in [0.4, 0.5) is 0 Å². The lowest BCUT2D eigenvalue weighted by molar-refractivity contribution is -0.138. The molecule has 2 aliphatic rings. The van der Waals surface area contributed by atoms with Gasteiger partial charge in [0.05, 0.1) is 11.7 Å². The molecular formula is C27H32O6. The van der Waals surface area contributed by atoms with E-state index in [1.165, 1.54) is 6.08 Å². The lowest BCUT2D eigenvalue weighted by atomic mass is 9.57. The summed E-state index contributed by atoms with van der Waals surface area (Å²) in [5.41, 5.74) is 1.29. The number of aliphatic hydroxyl groups excluding tert-OH is 1. The maximum absolute atomic E-state index is 13.2. The van der Waals surface area contributed by atoms with Crippen molar-refractivity contribution in [3.05, 3.63) is 59.2 Å². The first kappa shape index (κ1) is 23.3. The van der Waals surface area contributed by atoms with Crippen molar-refractivity contribution in [2.75, 3.05) is 13.9 Å². The number of carbonyl (C=O) groups is 1. The van der Waals surface area contributed by atoms with Crippen molar-refractivity contribution in [1.29, 1.82) is 0 Å². The number of carbonyl (C=O) groups excluding carboxylic acids is 1. The molecule has 0 saturated heterocycles. The lowest BCUT2D eigenvalue weighted by Crippen LogP contribution is -2.58. The molecule has 176 valence electrons. The van der Waals surface area contributed by atoms with Crippen LogP contribution in [0.3, 0.4) is 0 Å². The van der Waals surface area contributed by atoms with E-state index in [2.05, 4.69) is 20.8 Å². The number of allylic oxidation sites excluding steroid dienone is 1. The van der Waals surface area contributed by atoms with Gasteiger partial charge >= 0.3 is 0 Å². The maximum Gasteiger partial charge on any atom is 0.189 e. The summed E-state index contributed by atoms with van der Waals surface area (Å²) in [6.07, 6.45) is 4.82. The van der Waals surface area contributed by atoms with Crippen molar-refractivity contribution in [3.63, 3.8) is 0 Å². The molecule has 0 amide bonds. The highest BCUT2D eigenvalue weighted by atomic mass is 16.7. The standard InChI is InChI=1S/C27H32O6/c1-26(2)23-15-20-22(32-16-31-4)12-10-19(25(20)33-27(23,3)14-13-24(26)30)21(29)11-7-17-5-8-18(28)9-6-17/h5-12,23-24,28,30H,13-16H2,1-4H3/b11-7+/t23-,24-,27-/m1/s1. The summed E-state index contributed by atoms with van der Waals surface area (Å²) in [5, 5.41) is 20.2. The molecule has 0 spiro atoms. The van der Waals surface area contributed by atoms with Gasteiger partial charge in [-0.25, -0.2) is 0 Å². The van der Waals surface area contributed by atoms with Crippen LogP contribution in [0.15, 0.2) is 42.5 Å². The molecular weight excluding hydrogens is 420 g/mol. The van der Waals surface area contributed by atoms with Gasteiger partial charge < -0.3 is 24.4 Å². The number of methoxy groups -OCH3 is 1. The number of aliphatic hydroxyl groups is 1. The molecule has 2 aromatic carbocycles. The van der Waals surface area contributed by atoms with Crippen molar-refractivity contribution in [3.8, 4) is 17.2 Å². The minimum absolute atomic E-state index is 0.0593. The Balaban J connectivity index is 1.73. The van der Waals surface area contributed by atoms with E-state index in [9.17, 15) is 15.0 Å². The third-order valence-corrected chi connectivity index (χ3v) is 7.29. The van der Waals surface area contributed by atoms with Crippen LogP contribution < -0.4 is 9.47 Å². The van der Waals surface area contributed by atoms with Gasteiger partial charge in [0, 0.05) is 18.6 Å².